The standard InChI is InChI=1S/C28H42O2/c1-5-27(6-2,28-11-9-20(10-12-28)26(28,3)4)16-30-25(29)22-15-19-14-21(22)24-18-8-7-17(13-18)23(19)24/h7-8,17-24H,5-6,9-16H2,1-4H3. The largest absolute Gasteiger partial charge is 0.465 e. The van der Waals surface area contributed by atoms with Crippen LogP contribution < -0.4 is 0 Å². The van der Waals surface area contributed by atoms with Crippen molar-refractivity contribution in [3.8, 4) is 0 Å². The molecular weight excluding hydrogens is 368 g/mol. The van der Waals surface area contributed by atoms with Crippen LogP contribution in [0.4, 0.5) is 0 Å². The fourth-order valence-corrected chi connectivity index (χ4v) is 11.0. The SMILES string of the molecule is CCC(CC)(COC(=O)C1CC2CC1C1C3C=CC(C3)C21)C12CCC(CC1)C2(C)C. The van der Waals surface area contributed by atoms with Crippen LogP contribution in [0.2, 0.25) is 0 Å². The van der Waals surface area contributed by atoms with E-state index in [0.717, 1.165) is 54.8 Å². The topological polar surface area (TPSA) is 26.3 Å². The molecule has 166 valence electrons. The molecule has 0 aliphatic heterocycles. The first-order valence-electron chi connectivity index (χ1n) is 13.2. The second-order valence-corrected chi connectivity index (χ2v) is 12.8. The summed E-state index contributed by atoms with van der Waals surface area (Å²) in [6.07, 6.45) is 16.5. The van der Waals surface area contributed by atoms with E-state index in [-0.39, 0.29) is 17.3 Å². The van der Waals surface area contributed by atoms with E-state index in [1.807, 2.05) is 0 Å². The minimum absolute atomic E-state index is 0.159. The minimum atomic E-state index is 0.159. The molecule has 7 atom stereocenters. The van der Waals surface area contributed by atoms with E-state index in [2.05, 4.69) is 39.8 Å². The highest BCUT2D eigenvalue weighted by atomic mass is 16.5. The first-order chi connectivity index (χ1) is 14.4. The number of carbonyl (C=O) groups excluding carboxylic acids is 1. The Morgan fingerprint density at radius 3 is 2.27 bits per heavy atom. The average molecular weight is 411 g/mol. The number of carbonyl (C=O) groups is 1. The summed E-state index contributed by atoms with van der Waals surface area (Å²) >= 11 is 0. The maximum absolute atomic E-state index is 13.4. The van der Waals surface area contributed by atoms with Crippen LogP contribution in [0, 0.1) is 63.6 Å². The van der Waals surface area contributed by atoms with Crippen LogP contribution >= 0.6 is 0 Å². The van der Waals surface area contributed by atoms with Gasteiger partial charge in [-0.05, 0) is 110 Å². The lowest BCUT2D eigenvalue weighted by atomic mass is 9.52. The molecule has 7 unspecified atom stereocenters. The zero-order chi connectivity index (χ0) is 20.9. The Kier molecular flexibility index (Phi) is 4.22. The number of fused-ring (bicyclic) bond motifs is 11. The summed E-state index contributed by atoms with van der Waals surface area (Å²) in [7, 11) is 0. The van der Waals surface area contributed by atoms with Crippen molar-refractivity contribution in [1.29, 1.82) is 0 Å². The van der Waals surface area contributed by atoms with Gasteiger partial charge in [-0.3, -0.25) is 4.79 Å². The van der Waals surface area contributed by atoms with E-state index in [1.54, 1.807) is 0 Å². The average Bonchev–Trinajstić information content (AvgIpc) is 3.58. The van der Waals surface area contributed by atoms with Gasteiger partial charge in [0.05, 0.1) is 12.5 Å². The van der Waals surface area contributed by atoms with Crippen LogP contribution in [0.25, 0.3) is 0 Å². The Labute approximate surface area is 183 Å². The van der Waals surface area contributed by atoms with Gasteiger partial charge in [0.2, 0.25) is 0 Å². The second kappa shape index (κ2) is 6.38. The van der Waals surface area contributed by atoms with Crippen molar-refractivity contribution in [3.63, 3.8) is 0 Å². The molecule has 0 aromatic heterocycles. The normalized spacial score (nSPS) is 49.2. The van der Waals surface area contributed by atoms with Crippen LogP contribution in [0.3, 0.4) is 0 Å². The highest BCUT2D eigenvalue weighted by Crippen LogP contribution is 2.73. The molecule has 0 saturated heterocycles. The van der Waals surface area contributed by atoms with Gasteiger partial charge < -0.3 is 4.74 Å². The van der Waals surface area contributed by atoms with Crippen LogP contribution in [-0.2, 0) is 9.53 Å². The van der Waals surface area contributed by atoms with Gasteiger partial charge in [-0.15, -0.1) is 0 Å². The van der Waals surface area contributed by atoms with Gasteiger partial charge in [0.15, 0.2) is 0 Å². The van der Waals surface area contributed by atoms with Crippen LogP contribution in [0.15, 0.2) is 12.2 Å². The Morgan fingerprint density at radius 1 is 1.00 bits per heavy atom. The molecule has 6 aliphatic carbocycles. The number of hydrogen-bond donors (Lipinski definition) is 0. The first-order valence-corrected chi connectivity index (χ1v) is 13.2. The van der Waals surface area contributed by atoms with Gasteiger partial charge in [0.25, 0.3) is 0 Å². The fraction of sp³-hybridized carbons (Fsp3) is 0.893. The third kappa shape index (κ3) is 2.20. The van der Waals surface area contributed by atoms with E-state index in [1.165, 1.54) is 38.5 Å². The van der Waals surface area contributed by atoms with Crippen molar-refractivity contribution in [2.24, 2.45) is 63.6 Å². The maximum atomic E-state index is 13.4. The summed E-state index contributed by atoms with van der Waals surface area (Å²) in [5.41, 5.74) is 0.914. The number of hydrogen-bond acceptors (Lipinski definition) is 2. The van der Waals surface area contributed by atoms with Gasteiger partial charge in [-0.25, -0.2) is 0 Å². The third-order valence-corrected chi connectivity index (χ3v) is 12.5. The zero-order valence-corrected chi connectivity index (χ0v) is 19.7. The number of ether oxygens (including phenoxy) is 1. The molecule has 6 rings (SSSR count). The maximum Gasteiger partial charge on any atom is 0.309 e. The molecular formula is C28H42O2. The summed E-state index contributed by atoms with van der Waals surface area (Å²) < 4.78 is 6.35. The Hall–Kier alpha value is -0.790. The lowest BCUT2D eigenvalue weighted by Crippen LogP contribution is -2.50. The number of esters is 1. The quantitative estimate of drug-likeness (QED) is 0.278. The molecule has 0 aromatic rings. The first kappa shape index (κ1) is 19.9. The summed E-state index contributed by atoms with van der Waals surface area (Å²) in [6, 6.07) is 0. The van der Waals surface area contributed by atoms with Crippen molar-refractivity contribution in [2.45, 2.75) is 85.5 Å². The molecule has 5 saturated carbocycles. The van der Waals surface area contributed by atoms with Gasteiger partial charge >= 0.3 is 5.97 Å². The van der Waals surface area contributed by atoms with Crippen molar-refractivity contribution in [2.75, 3.05) is 6.61 Å². The molecule has 30 heavy (non-hydrogen) atoms. The number of allylic oxidation sites excluding steroid dienone is 2. The molecule has 0 heterocycles. The Bertz CT molecular complexity index is 751. The monoisotopic (exact) mass is 410 g/mol. The molecule has 5 fully saturated rings. The zero-order valence-electron chi connectivity index (χ0n) is 19.7. The van der Waals surface area contributed by atoms with E-state index in [0.29, 0.717) is 23.4 Å². The van der Waals surface area contributed by atoms with Gasteiger partial charge in [-0.1, -0.05) is 39.8 Å². The molecule has 0 radical (unpaired) electrons. The van der Waals surface area contributed by atoms with Crippen molar-refractivity contribution < 1.29 is 9.53 Å². The molecule has 0 N–H and O–H groups in total. The third-order valence-electron chi connectivity index (χ3n) is 12.5. The Morgan fingerprint density at radius 2 is 1.67 bits per heavy atom. The van der Waals surface area contributed by atoms with Gasteiger partial charge in [0.1, 0.15) is 0 Å². The van der Waals surface area contributed by atoms with Gasteiger partial charge in [0, 0.05) is 5.41 Å². The smallest absolute Gasteiger partial charge is 0.309 e. The molecule has 2 heteroatoms. The van der Waals surface area contributed by atoms with Crippen molar-refractivity contribution in [1.82, 2.24) is 0 Å². The summed E-state index contributed by atoms with van der Waals surface area (Å²) in [4.78, 5) is 13.4. The van der Waals surface area contributed by atoms with Crippen LogP contribution in [0.1, 0.15) is 85.5 Å². The molecule has 0 amide bonds. The van der Waals surface area contributed by atoms with E-state index < -0.39 is 0 Å². The second-order valence-electron chi connectivity index (χ2n) is 12.8. The highest BCUT2D eigenvalue weighted by molar-refractivity contribution is 5.73. The lowest BCUT2D eigenvalue weighted by molar-refractivity contribution is -0.164. The van der Waals surface area contributed by atoms with E-state index in [9.17, 15) is 4.79 Å². The summed E-state index contributed by atoms with van der Waals surface area (Å²) in [6.45, 7) is 10.4. The molecule has 6 bridgehead atoms. The van der Waals surface area contributed by atoms with E-state index in [4.69, 9.17) is 4.74 Å². The Balaban J connectivity index is 1.19. The van der Waals surface area contributed by atoms with Crippen LogP contribution in [-0.4, -0.2) is 12.6 Å². The predicted octanol–water partition coefficient (Wildman–Crippen LogP) is 6.65. The fourth-order valence-electron chi connectivity index (χ4n) is 11.0. The van der Waals surface area contributed by atoms with Crippen LogP contribution in [0.5, 0.6) is 0 Å². The molecule has 6 aliphatic rings. The van der Waals surface area contributed by atoms with Gasteiger partial charge in [-0.2, -0.15) is 0 Å². The predicted molar refractivity (Wildman–Crippen MR) is 120 cm³/mol. The highest BCUT2D eigenvalue weighted by Gasteiger charge is 2.67. The minimum Gasteiger partial charge on any atom is -0.465 e. The summed E-state index contributed by atoms with van der Waals surface area (Å²) in [5.74, 6) is 5.93. The summed E-state index contributed by atoms with van der Waals surface area (Å²) in [5, 5.41) is 0. The number of rotatable bonds is 6. The van der Waals surface area contributed by atoms with Crippen molar-refractivity contribution >= 4 is 5.97 Å². The lowest BCUT2D eigenvalue weighted by Gasteiger charge is -2.53. The van der Waals surface area contributed by atoms with Crippen molar-refractivity contribution in [3.05, 3.63) is 12.2 Å². The molecule has 0 spiro atoms. The molecule has 0 aromatic carbocycles. The van der Waals surface area contributed by atoms with E-state index >= 15 is 0 Å². The molecule has 2 nitrogen and oxygen atoms in total.